The summed E-state index contributed by atoms with van der Waals surface area (Å²) in [6.45, 7) is 3.94. The summed E-state index contributed by atoms with van der Waals surface area (Å²) < 4.78 is 25.1. The Kier molecular flexibility index (Phi) is 5.95. The summed E-state index contributed by atoms with van der Waals surface area (Å²) >= 11 is 0. The summed E-state index contributed by atoms with van der Waals surface area (Å²) in [7, 11) is -1.63. The van der Waals surface area contributed by atoms with E-state index in [1.54, 1.807) is 0 Å². The van der Waals surface area contributed by atoms with E-state index in [0.29, 0.717) is 0 Å². The fourth-order valence-electron chi connectivity index (χ4n) is 1.66. The van der Waals surface area contributed by atoms with Crippen molar-refractivity contribution in [2.45, 2.75) is 37.6 Å². The lowest BCUT2D eigenvalue weighted by Gasteiger charge is -2.14. The smallest absolute Gasteiger partial charge is 0.233 e. The summed E-state index contributed by atoms with van der Waals surface area (Å²) in [5.74, 6) is -1.03. The minimum atomic E-state index is -1.63. The van der Waals surface area contributed by atoms with Gasteiger partial charge in [0.05, 0.1) is 15.7 Å². The van der Waals surface area contributed by atoms with Gasteiger partial charge in [0.25, 0.3) is 0 Å². The van der Waals surface area contributed by atoms with E-state index in [1.165, 1.54) is 12.1 Å². The van der Waals surface area contributed by atoms with Crippen molar-refractivity contribution in [3.63, 3.8) is 0 Å². The number of carbonyl (C=O) groups excluding carboxylic acids is 1. The predicted octanol–water partition coefficient (Wildman–Crippen LogP) is 1.82. The molecule has 19 heavy (non-hydrogen) atoms. The molecule has 0 aliphatic heterocycles. The van der Waals surface area contributed by atoms with E-state index in [4.69, 9.17) is 5.73 Å². The number of amides is 1. The second kappa shape index (κ2) is 7.23. The normalized spacial score (nSPS) is 12.4. The molecule has 0 saturated carbocycles. The van der Waals surface area contributed by atoms with Gasteiger partial charge in [-0.1, -0.05) is 13.8 Å². The molecule has 0 aliphatic rings. The summed E-state index contributed by atoms with van der Waals surface area (Å²) in [5, 5.41) is 2.78. The number of benzene rings is 1. The first-order valence-corrected chi connectivity index (χ1v) is 7.52. The zero-order valence-corrected chi connectivity index (χ0v) is 11.9. The van der Waals surface area contributed by atoms with Crippen LogP contribution < -0.4 is 11.1 Å². The van der Waals surface area contributed by atoms with Gasteiger partial charge in [-0.3, -0.25) is 9.00 Å². The molecule has 0 spiro atoms. The van der Waals surface area contributed by atoms with Gasteiger partial charge in [0.2, 0.25) is 5.91 Å². The fourth-order valence-corrected chi connectivity index (χ4v) is 2.72. The third-order valence-corrected chi connectivity index (χ3v) is 4.20. The summed E-state index contributed by atoms with van der Waals surface area (Å²) in [4.78, 5) is 11.9. The molecule has 0 saturated heterocycles. The predicted molar refractivity (Wildman–Crippen MR) is 74.6 cm³/mol. The molecule has 0 radical (unpaired) electrons. The number of nitrogen functional groups attached to an aromatic ring is 1. The van der Waals surface area contributed by atoms with Crippen molar-refractivity contribution >= 4 is 22.4 Å². The quantitative estimate of drug-likeness (QED) is 0.784. The largest absolute Gasteiger partial charge is 0.398 e. The van der Waals surface area contributed by atoms with E-state index < -0.39 is 16.6 Å². The van der Waals surface area contributed by atoms with Gasteiger partial charge in [-0.15, -0.1) is 0 Å². The summed E-state index contributed by atoms with van der Waals surface area (Å²) in [6, 6.07) is 3.73. The van der Waals surface area contributed by atoms with Gasteiger partial charge in [0.15, 0.2) is 0 Å². The Morgan fingerprint density at radius 2 is 2.05 bits per heavy atom. The Labute approximate surface area is 115 Å². The number of anilines is 1. The lowest BCUT2D eigenvalue weighted by Crippen LogP contribution is -2.36. The lowest BCUT2D eigenvalue weighted by atomic mass is 10.2. The van der Waals surface area contributed by atoms with Crippen LogP contribution in [0, 0.1) is 5.82 Å². The average Bonchev–Trinajstić information content (AvgIpc) is 2.38. The van der Waals surface area contributed by atoms with Gasteiger partial charge in [0, 0.05) is 11.7 Å². The molecule has 1 amide bonds. The standard InChI is InChI=1S/C13H19FN2O2S/c1-3-10(4-2)16-13(17)8-19(18)12-7-9(14)5-6-11(12)15/h5-7,10H,3-4,8,15H2,1-2H3,(H,16,17). The van der Waals surface area contributed by atoms with Crippen molar-refractivity contribution in [1.82, 2.24) is 5.32 Å². The molecular weight excluding hydrogens is 267 g/mol. The fraction of sp³-hybridized carbons (Fsp3) is 0.462. The Morgan fingerprint density at radius 3 is 2.63 bits per heavy atom. The second-order valence-corrected chi connectivity index (χ2v) is 5.67. The number of hydrogen-bond donors (Lipinski definition) is 2. The van der Waals surface area contributed by atoms with E-state index in [1.807, 2.05) is 13.8 Å². The first-order valence-electron chi connectivity index (χ1n) is 6.20. The van der Waals surface area contributed by atoms with Crippen LogP contribution in [0.1, 0.15) is 26.7 Å². The molecule has 0 heterocycles. The highest BCUT2D eigenvalue weighted by Crippen LogP contribution is 2.17. The highest BCUT2D eigenvalue weighted by Gasteiger charge is 2.15. The van der Waals surface area contributed by atoms with E-state index in [-0.39, 0.29) is 28.3 Å². The molecule has 1 aromatic carbocycles. The second-order valence-electron chi connectivity index (χ2n) is 4.25. The molecule has 0 fully saturated rings. The van der Waals surface area contributed by atoms with Crippen molar-refractivity contribution in [3.8, 4) is 0 Å². The minimum Gasteiger partial charge on any atom is -0.398 e. The molecule has 0 aliphatic carbocycles. The molecule has 1 aromatic rings. The Morgan fingerprint density at radius 1 is 1.42 bits per heavy atom. The van der Waals surface area contributed by atoms with Gasteiger partial charge in [-0.05, 0) is 31.0 Å². The van der Waals surface area contributed by atoms with Crippen LogP contribution in [-0.2, 0) is 15.6 Å². The van der Waals surface area contributed by atoms with Crippen molar-refractivity contribution < 1.29 is 13.4 Å². The van der Waals surface area contributed by atoms with E-state index >= 15 is 0 Å². The van der Waals surface area contributed by atoms with Gasteiger partial charge in [-0.25, -0.2) is 4.39 Å². The van der Waals surface area contributed by atoms with Crippen LogP contribution in [0.25, 0.3) is 0 Å². The monoisotopic (exact) mass is 286 g/mol. The highest BCUT2D eigenvalue weighted by molar-refractivity contribution is 7.86. The molecule has 1 rings (SSSR count). The third kappa shape index (κ3) is 4.63. The van der Waals surface area contributed by atoms with E-state index in [2.05, 4.69) is 5.32 Å². The van der Waals surface area contributed by atoms with Gasteiger partial charge in [0.1, 0.15) is 11.6 Å². The van der Waals surface area contributed by atoms with Crippen LogP contribution in [0.3, 0.4) is 0 Å². The van der Waals surface area contributed by atoms with Crippen molar-refractivity contribution in [1.29, 1.82) is 0 Å². The number of carbonyl (C=O) groups is 1. The number of nitrogens with two attached hydrogens (primary N) is 1. The maximum Gasteiger partial charge on any atom is 0.233 e. The van der Waals surface area contributed by atoms with Crippen LogP contribution in [0.4, 0.5) is 10.1 Å². The molecule has 0 aromatic heterocycles. The molecule has 106 valence electrons. The number of hydrogen-bond acceptors (Lipinski definition) is 3. The highest BCUT2D eigenvalue weighted by atomic mass is 32.2. The van der Waals surface area contributed by atoms with Crippen LogP contribution in [-0.4, -0.2) is 21.9 Å². The zero-order chi connectivity index (χ0) is 14.4. The maximum absolute atomic E-state index is 13.1. The Balaban J connectivity index is 2.69. The average molecular weight is 286 g/mol. The number of nitrogens with one attached hydrogen (secondary N) is 1. The molecule has 1 unspecified atom stereocenters. The third-order valence-electron chi connectivity index (χ3n) is 2.83. The van der Waals surface area contributed by atoms with Crippen LogP contribution >= 0.6 is 0 Å². The molecule has 6 heteroatoms. The van der Waals surface area contributed by atoms with Crippen molar-refractivity contribution in [3.05, 3.63) is 24.0 Å². The van der Waals surface area contributed by atoms with Crippen LogP contribution in [0.5, 0.6) is 0 Å². The molecule has 4 nitrogen and oxygen atoms in total. The van der Waals surface area contributed by atoms with Crippen LogP contribution in [0.2, 0.25) is 0 Å². The van der Waals surface area contributed by atoms with Crippen LogP contribution in [0.15, 0.2) is 23.1 Å². The lowest BCUT2D eigenvalue weighted by molar-refractivity contribution is -0.119. The Hall–Kier alpha value is -1.43. The Bertz CT molecular complexity index is 476. The SMILES string of the molecule is CCC(CC)NC(=O)CS(=O)c1cc(F)ccc1N. The zero-order valence-electron chi connectivity index (χ0n) is 11.1. The van der Waals surface area contributed by atoms with Crippen molar-refractivity contribution in [2.24, 2.45) is 0 Å². The molecule has 0 bridgehead atoms. The first-order chi connectivity index (χ1) is 8.97. The summed E-state index contributed by atoms with van der Waals surface area (Å²) in [5.41, 5.74) is 5.86. The van der Waals surface area contributed by atoms with Crippen molar-refractivity contribution in [2.75, 3.05) is 11.5 Å². The molecule has 3 N–H and O–H groups in total. The van der Waals surface area contributed by atoms with Gasteiger partial charge >= 0.3 is 0 Å². The molecule has 1 atom stereocenters. The van der Waals surface area contributed by atoms with E-state index in [0.717, 1.165) is 18.9 Å². The topological polar surface area (TPSA) is 72.2 Å². The molecular formula is C13H19FN2O2S. The maximum atomic E-state index is 13.1. The van der Waals surface area contributed by atoms with Gasteiger partial charge < -0.3 is 11.1 Å². The summed E-state index contributed by atoms with van der Waals surface area (Å²) in [6.07, 6.45) is 1.63. The van der Waals surface area contributed by atoms with E-state index in [9.17, 15) is 13.4 Å². The number of halogens is 1. The van der Waals surface area contributed by atoms with Gasteiger partial charge in [-0.2, -0.15) is 0 Å². The first kappa shape index (κ1) is 15.6. The minimum absolute atomic E-state index is 0.0781. The number of rotatable bonds is 6.